The topological polar surface area (TPSA) is 367 Å². The number of aliphatic hydroxyl groups is 8. The van der Waals surface area contributed by atoms with Gasteiger partial charge in [0.2, 0.25) is 17.9 Å². The fourth-order valence-electron chi connectivity index (χ4n) is 9.92. The number of ether oxygens (including phenoxy) is 10. The van der Waals surface area contributed by atoms with Crippen LogP contribution in [0.1, 0.15) is 89.9 Å². The first kappa shape index (κ1) is 66.0. The minimum Gasteiger partial charge on any atom is -0.394 e. The van der Waals surface area contributed by atoms with Crippen LogP contribution in [-0.2, 0) is 71.3 Å². The van der Waals surface area contributed by atoms with Crippen LogP contribution in [0.3, 0.4) is 0 Å². The van der Waals surface area contributed by atoms with E-state index in [1.165, 1.54) is 12.0 Å². The largest absolute Gasteiger partial charge is 0.416 e. The fraction of sp³-hybridized carbons (Fsp3) is 0.830. The Balaban J connectivity index is 0.987. The average Bonchev–Trinajstić information content (AvgIpc) is 3.82. The molecule has 79 heavy (non-hydrogen) atoms. The molecule has 1 saturated carbocycles. The Morgan fingerprint density at radius 1 is 0.633 bits per heavy atom. The van der Waals surface area contributed by atoms with Crippen LogP contribution in [0.25, 0.3) is 0 Å². The van der Waals surface area contributed by atoms with Gasteiger partial charge in [0.15, 0.2) is 24.9 Å². The maximum Gasteiger partial charge on any atom is 0.416 e. The second-order valence-corrected chi connectivity index (χ2v) is 20.3. The molecule has 5 rings (SSSR count). The second-order valence-electron chi connectivity index (χ2n) is 20.3. The average molecular weight is 1130 g/mol. The number of Topliss-reactive ketones (excluding diaryl/α,β-unsaturated/α-hetero) is 1. The predicted octanol–water partition coefficient (Wildman–Crippen LogP) is -2.97. The van der Waals surface area contributed by atoms with Gasteiger partial charge in [0.05, 0.1) is 52.7 Å². The number of rotatable bonds is 36. The highest BCUT2D eigenvalue weighted by Gasteiger charge is 2.50. The van der Waals surface area contributed by atoms with E-state index in [0.29, 0.717) is 77.7 Å². The Labute approximate surface area is 460 Å². The van der Waals surface area contributed by atoms with E-state index < -0.39 is 118 Å². The minimum absolute atomic E-state index is 0.0141. The number of hydrogen-bond donors (Lipinski definition) is 10. The minimum atomic E-state index is -1.76. The van der Waals surface area contributed by atoms with E-state index in [-0.39, 0.29) is 81.1 Å². The maximum absolute atomic E-state index is 12.7. The number of carbonyl (C=O) groups is 5. The van der Waals surface area contributed by atoms with E-state index in [1.807, 2.05) is 0 Å². The summed E-state index contributed by atoms with van der Waals surface area (Å²) in [5, 5.41) is 90.7. The van der Waals surface area contributed by atoms with Crippen LogP contribution in [0.2, 0.25) is 0 Å². The van der Waals surface area contributed by atoms with Gasteiger partial charge in [-0.2, -0.15) is 4.90 Å². The lowest BCUT2D eigenvalue weighted by molar-refractivity contribution is -0.345. The molecule has 1 aliphatic carbocycles. The highest BCUT2D eigenvalue weighted by Crippen LogP contribution is 2.33. The van der Waals surface area contributed by atoms with Crippen LogP contribution in [0.15, 0.2) is 6.08 Å². The van der Waals surface area contributed by atoms with Gasteiger partial charge >= 0.3 is 11.8 Å². The van der Waals surface area contributed by atoms with Gasteiger partial charge in [0.1, 0.15) is 79.0 Å². The summed E-state index contributed by atoms with van der Waals surface area (Å²) in [7, 11) is 1.26. The Bertz CT molecular complexity index is 1900. The van der Waals surface area contributed by atoms with Crippen LogP contribution in [0.5, 0.6) is 0 Å². The lowest BCUT2D eigenvalue weighted by Crippen LogP contribution is -2.63. The van der Waals surface area contributed by atoms with Crippen LogP contribution in [0, 0.1) is 30.3 Å². The van der Waals surface area contributed by atoms with Crippen LogP contribution < -0.4 is 10.6 Å². The molecule has 3 saturated heterocycles. The number of terminal acetylenes is 1. The fourth-order valence-corrected chi connectivity index (χ4v) is 9.92. The number of hydrogen-bond acceptors (Lipinski definition) is 23. The smallest absolute Gasteiger partial charge is 0.394 e. The summed E-state index contributed by atoms with van der Waals surface area (Å²) in [6, 6.07) is 0. The molecule has 5 aliphatic rings. The van der Waals surface area contributed by atoms with Gasteiger partial charge in [-0.15, -0.1) is 11.2 Å². The van der Waals surface area contributed by atoms with Crippen LogP contribution >= 0.6 is 0 Å². The maximum atomic E-state index is 12.7. The van der Waals surface area contributed by atoms with E-state index in [0.717, 1.165) is 31.8 Å². The summed E-state index contributed by atoms with van der Waals surface area (Å²) in [5.74, 6) is 1.62. The zero-order chi connectivity index (χ0) is 57.3. The highest BCUT2D eigenvalue weighted by atomic mass is 16.7. The second kappa shape index (κ2) is 35.3. The molecule has 0 aromatic heterocycles. The zero-order valence-electron chi connectivity index (χ0n) is 45.0. The molecule has 10 N–H and O–H groups in total. The summed E-state index contributed by atoms with van der Waals surface area (Å²) < 4.78 is 57.5. The van der Waals surface area contributed by atoms with Gasteiger partial charge in [0, 0.05) is 58.7 Å². The zero-order valence-corrected chi connectivity index (χ0v) is 45.0. The molecule has 0 bridgehead atoms. The summed E-state index contributed by atoms with van der Waals surface area (Å²) in [6.07, 6.45) is -5.71. The van der Waals surface area contributed by atoms with Gasteiger partial charge < -0.3 is 98.9 Å². The Morgan fingerprint density at radius 3 is 1.73 bits per heavy atom. The van der Waals surface area contributed by atoms with Crippen molar-refractivity contribution in [3.8, 4) is 12.3 Å². The molecule has 448 valence electrons. The molecule has 4 heterocycles. The van der Waals surface area contributed by atoms with Crippen LogP contribution in [0.4, 0.5) is 0 Å². The Morgan fingerprint density at radius 2 is 1.18 bits per heavy atom. The van der Waals surface area contributed by atoms with Gasteiger partial charge in [-0.25, -0.2) is 4.79 Å². The molecular weight excluding hydrogens is 1050 g/mol. The van der Waals surface area contributed by atoms with Crippen molar-refractivity contribution in [3.63, 3.8) is 0 Å². The quantitative estimate of drug-likeness (QED) is 0.0130. The van der Waals surface area contributed by atoms with Crippen molar-refractivity contribution < 1.29 is 112 Å². The molecular formula is C53H84N3O23+. The first-order valence-electron chi connectivity index (χ1n) is 27.5. The van der Waals surface area contributed by atoms with Crippen molar-refractivity contribution in [2.75, 3.05) is 86.2 Å². The van der Waals surface area contributed by atoms with Gasteiger partial charge in [0.25, 0.3) is 0 Å². The number of amides is 4. The molecule has 4 fully saturated rings. The molecule has 15 atom stereocenters. The molecule has 26 nitrogen and oxygen atoms in total. The van der Waals surface area contributed by atoms with Crippen molar-refractivity contribution in [2.45, 2.75) is 182 Å². The first-order chi connectivity index (χ1) is 38.1. The SMILES string of the molecule is C#CCNC(=O)CCCCCO[C@H]1[C@H](O)[C@@H](O)[C@@H](OC)O[C@@H]1CO[C@H]1O[C@H](CO[C@H]2O[C@H](CO)[C@@H](O)[C@H](O)[C@H]2O)[C@@H](OCCCCCC(=O)NCCOCCOCCCC(=O)C2CCC(CN3C(=O)[C+]=CC3=O)CC2)[C@H](O)[C@H]1O. The summed E-state index contributed by atoms with van der Waals surface area (Å²) in [4.78, 5) is 62.0. The molecule has 4 aliphatic heterocycles. The third-order valence-corrected chi connectivity index (χ3v) is 14.5. The number of carbonyl (C=O) groups excluding carboxylic acids is 5. The molecule has 0 spiro atoms. The van der Waals surface area contributed by atoms with Crippen molar-refractivity contribution in [1.82, 2.24) is 15.5 Å². The lowest BCUT2D eigenvalue weighted by Gasteiger charge is -2.45. The Hall–Kier alpha value is -3.76. The number of imide groups is 1. The molecule has 26 heteroatoms. The first-order valence-corrected chi connectivity index (χ1v) is 27.5. The van der Waals surface area contributed by atoms with Gasteiger partial charge in [-0.05, 0) is 63.7 Å². The van der Waals surface area contributed by atoms with Crippen molar-refractivity contribution in [3.05, 3.63) is 12.2 Å². The van der Waals surface area contributed by atoms with E-state index >= 15 is 0 Å². The standard InChI is InChI=1S/C53H83N3O23/c1-3-20-54-38(59)12-6-4-8-23-73-49-36(78-51(70-2)47(68)44(49)65)30-76-53-48(69)45(66)50(37(79-53)31-75-52-46(67)43(64)42(63)35(29-57)77-52)74-24-9-5-7-13-39(60)55-21-25-72-27-26-71-22-10-11-34(58)33-16-14-32(15-17-33)28-56-40(61)18-19-41(56)62/h1,18,32-33,35-37,42-53,57,63-69H,4-17,20-31H2,2H3,(H-,54,55,59,60)/p+1/t32?,33?,35-,36-,37-,42-,43+,44-,45-,46-,47-,48-,49-,50-,51+,52+,53+/m1/s1. The Kier molecular flexibility index (Phi) is 29.5. The monoisotopic (exact) mass is 1130 g/mol. The van der Waals surface area contributed by atoms with Crippen molar-refractivity contribution in [1.29, 1.82) is 0 Å². The highest BCUT2D eigenvalue weighted by molar-refractivity contribution is 6.10. The lowest BCUT2D eigenvalue weighted by atomic mass is 9.79. The van der Waals surface area contributed by atoms with Gasteiger partial charge in [-0.3, -0.25) is 14.4 Å². The van der Waals surface area contributed by atoms with Crippen LogP contribution in [-0.4, -0.2) is 253 Å². The van der Waals surface area contributed by atoms with Gasteiger partial charge in [-0.1, -0.05) is 18.8 Å². The third kappa shape index (κ3) is 20.9. The molecule has 0 aromatic rings. The van der Waals surface area contributed by atoms with E-state index in [2.05, 4.69) is 22.6 Å². The van der Waals surface area contributed by atoms with E-state index in [9.17, 15) is 64.8 Å². The number of aliphatic hydroxyl groups excluding tert-OH is 8. The predicted molar refractivity (Wildman–Crippen MR) is 271 cm³/mol. The number of nitrogens with one attached hydrogen (secondary N) is 2. The van der Waals surface area contributed by atoms with E-state index in [1.54, 1.807) is 0 Å². The normalized spacial score (nSPS) is 32.9. The van der Waals surface area contributed by atoms with E-state index in [4.69, 9.17) is 53.8 Å². The number of nitrogens with zero attached hydrogens (tertiary/aromatic N) is 1. The number of ketones is 1. The number of methoxy groups -OCH3 is 1. The summed E-state index contributed by atoms with van der Waals surface area (Å²) in [6.45, 7) is 0.624. The van der Waals surface area contributed by atoms with Crippen molar-refractivity contribution in [2.24, 2.45) is 11.8 Å². The third-order valence-electron chi connectivity index (χ3n) is 14.5. The number of unbranched alkanes of at least 4 members (excludes halogenated alkanes) is 4. The molecule has 0 unspecified atom stereocenters. The van der Waals surface area contributed by atoms with Crippen molar-refractivity contribution >= 4 is 29.4 Å². The molecule has 0 aromatic carbocycles. The molecule has 0 radical (unpaired) electrons. The molecule has 4 amide bonds. The summed E-state index contributed by atoms with van der Waals surface area (Å²) in [5.41, 5.74) is 0. The summed E-state index contributed by atoms with van der Waals surface area (Å²) >= 11 is 0.